The number of benzene rings is 1. The van der Waals surface area contributed by atoms with E-state index in [1.54, 1.807) is 0 Å². The number of fused-ring (bicyclic) bond motifs is 3. The summed E-state index contributed by atoms with van der Waals surface area (Å²) in [5.74, 6) is 0. The number of thiazole rings is 1. The molecule has 2 aromatic heterocycles. The van der Waals surface area contributed by atoms with Crippen LogP contribution in [-0.2, 0) is 0 Å². The first-order valence-electron chi connectivity index (χ1n) is 6.64. The molecule has 1 fully saturated rings. The van der Waals surface area contributed by atoms with Crippen molar-refractivity contribution in [1.29, 1.82) is 0 Å². The van der Waals surface area contributed by atoms with E-state index in [9.17, 15) is 4.79 Å². The lowest BCUT2D eigenvalue weighted by Gasteiger charge is -2.05. The van der Waals surface area contributed by atoms with E-state index in [-0.39, 0.29) is 5.56 Å². The highest BCUT2D eigenvalue weighted by Crippen LogP contribution is 2.24. The van der Waals surface area contributed by atoms with E-state index in [1.165, 1.54) is 37.0 Å². The van der Waals surface area contributed by atoms with Crippen LogP contribution < -0.4 is 5.56 Å². The molecule has 1 aliphatic rings. The molecule has 4 heteroatoms. The van der Waals surface area contributed by atoms with Gasteiger partial charge in [0.15, 0.2) is 0 Å². The molecule has 4 rings (SSSR count). The molecule has 1 N–H and O–H groups in total. The smallest absolute Gasteiger partial charge is 0.257 e. The number of pyridine rings is 1. The first-order valence-corrected chi connectivity index (χ1v) is 7.45. The normalized spacial score (nSPS) is 13.9. The number of H-pyrrole nitrogens is 1. The van der Waals surface area contributed by atoms with Crippen LogP contribution >= 0.6 is 11.3 Å². The van der Waals surface area contributed by atoms with Crippen molar-refractivity contribution in [3.8, 4) is 0 Å². The summed E-state index contributed by atoms with van der Waals surface area (Å²) in [4.78, 5) is 19.9. The second kappa shape index (κ2) is 5.13. The minimum atomic E-state index is -0.0400. The van der Waals surface area contributed by atoms with Crippen LogP contribution in [0.2, 0.25) is 0 Å². The lowest BCUT2D eigenvalue weighted by Crippen LogP contribution is -2.04. The molecular formula is C15H16N2OS. The molecule has 3 aromatic rings. The second-order valence-electron chi connectivity index (χ2n) is 4.82. The number of hydrogen-bond acceptors (Lipinski definition) is 3. The predicted octanol–water partition coefficient (Wildman–Crippen LogP) is 4.01. The van der Waals surface area contributed by atoms with Crippen LogP contribution in [0.25, 0.3) is 21.1 Å². The van der Waals surface area contributed by atoms with Crippen molar-refractivity contribution in [3.05, 3.63) is 39.6 Å². The number of rotatable bonds is 0. The van der Waals surface area contributed by atoms with Gasteiger partial charge in [-0.25, -0.2) is 4.98 Å². The maximum Gasteiger partial charge on any atom is 0.257 e. The summed E-state index contributed by atoms with van der Waals surface area (Å²) < 4.78 is 0. The Labute approximate surface area is 115 Å². The highest BCUT2D eigenvalue weighted by Gasteiger charge is 2.07. The summed E-state index contributed by atoms with van der Waals surface area (Å²) in [7, 11) is 0. The zero-order chi connectivity index (χ0) is 13.2. The molecule has 0 bridgehead atoms. The van der Waals surface area contributed by atoms with Gasteiger partial charge < -0.3 is 4.98 Å². The molecule has 0 radical (unpaired) electrons. The average molecular weight is 272 g/mol. The quantitative estimate of drug-likeness (QED) is 0.672. The van der Waals surface area contributed by atoms with Gasteiger partial charge in [0.25, 0.3) is 5.56 Å². The van der Waals surface area contributed by atoms with E-state index in [0.717, 1.165) is 20.7 Å². The Morgan fingerprint density at radius 1 is 1.11 bits per heavy atom. The minimum Gasteiger partial charge on any atom is -0.312 e. The van der Waals surface area contributed by atoms with Crippen LogP contribution in [0.3, 0.4) is 0 Å². The third kappa shape index (κ3) is 2.40. The number of nitrogens with zero attached hydrogens (tertiary/aromatic N) is 1. The van der Waals surface area contributed by atoms with Gasteiger partial charge in [-0.05, 0) is 13.0 Å². The van der Waals surface area contributed by atoms with Gasteiger partial charge in [0.2, 0.25) is 0 Å². The molecule has 0 amide bonds. The van der Waals surface area contributed by atoms with Crippen LogP contribution in [0.4, 0.5) is 0 Å². The third-order valence-electron chi connectivity index (χ3n) is 3.39. The maximum atomic E-state index is 11.7. The third-order valence-corrected chi connectivity index (χ3v) is 4.27. The second-order valence-corrected chi connectivity index (χ2v) is 6.03. The van der Waals surface area contributed by atoms with Crippen LogP contribution in [-0.4, -0.2) is 9.97 Å². The molecular weight excluding hydrogens is 256 g/mol. The number of nitrogens with one attached hydrogen (secondary N) is 1. The zero-order valence-electron chi connectivity index (χ0n) is 10.9. The van der Waals surface area contributed by atoms with Crippen LogP contribution in [0.1, 0.15) is 30.7 Å². The summed E-state index contributed by atoms with van der Waals surface area (Å²) in [6.45, 7) is 1.94. The summed E-state index contributed by atoms with van der Waals surface area (Å²) in [6.07, 6.45) is 6.00. The van der Waals surface area contributed by atoms with Crippen molar-refractivity contribution >= 4 is 32.5 Å². The Balaban J connectivity index is 0.000000237. The maximum absolute atomic E-state index is 11.7. The van der Waals surface area contributed by atoms with Gasteiger partial charge in [-0.3, -0.25) is 4.79 Å². The molecule has 98 valence electrons. The highest BCUT2D eigenvalue weighted by atomic mass is 32.1. The fourth-order valence-electron chi connectivity index (χ4n) is 2.00. The lowest BCUT2D eigenvalue weighted by atomic mass is 10.0. The number of aromatic amines is 1. The van der Waals surface area contributed by atoms with E-state index in [2.05, 4.69) is 9.97 Å². The largest absolute Gasteiger partial charge is 0.312 e. The monoisotopic (exact) mass is 272 g/mol. The van der Waals surface area contributed by atoms with E-state index < -0.39 is 0 Å². The van der Waals surface area contributed by atoms with Crippen LogP contribution in [0.15, 0.2) is 29.1 Å². The summed E-state index contributed by atoms with van der Waals surface area (Å²) in [6, 6.07) is 7.55. The van der Waals surface area contributed by atoms with Crippen molar-refractivity contribution in [3.63, 3.8) is 0 Å². The van der Waals surface area contributed by atoms with Crippen LogP contribution in [0, 0.1) is 6.92 Å². The van der Waals surface area contributed by atoms with E-state index in [0.29, 0.717) is 5.39 Å². The first-order chi connectivity index (χ1) is 9.25. The van der Waals surface area contributed by atoms with Gasteiger partial charge in [-0.15, -0.1) is 11.3 Å². The highest BCUT2D eigenvalue weighted by molar-refractivity contribution is 7.18. The Bertz CT molecular complexity index is 765. The molecule has 0 saturated heterocycles. The number of aromatic nitrogens is 2. The molecule has 0 aliphatic heterocycles. The van der Waals surface area contributed by atoms with Gasteiger partial charge in [0.1, 0.15) is 10.3 Å². The molecule has 1 aromatic carbocycles. The molecule has 0 unspecified atom stereocenters. The van der Waals surface area contributed by atoms with E-state index in [1.807, 2.05) is 31.2 Å². The molecule has 1 saturated carbocycles. The zero-order valence-corrected chi connectivity index (χ0v) is 11.7. The molecule has 0 atom stereocenters. The minimum absolute atomic E-state index is 0.0400. The van der Waals surface area contributed by atoms with Gasteiger partial charge in [0, 0.05) is 10.8 Å². The molecule has 1 aliphatic carbocycles. The van der Waals surface area contributed by atoms with Gasteiger partial charge in [0.05, 0.1) is 5.01 Å². The summed E-state index contributed by atoms with van der Waals surface area (Å²) in [5, 5.41) is 2.60. The summed E-state index contributed by atoms with van der Waals surface area (Å²) >= 11 is 1.51. The van der Waals surface area contributed by atoms with Crippen molar-refractivity contribution in [2.24, 2.45) is 0 Å². The molecule has 2 heterocycles. The van der Waals surface area contributed by atoms with Gasteiger partial charge in [-0.2, -0.15) is 0 Å². The van der Waals surface area contributed by atoms with Gasteiger partial charge in [-0.1, -0.05) is 43.9 Å². The van der Waals surface area contributed by atoms with Crippen molar-refractivity contribution in [1.82, 2.24) is 9.97 Å². The van der Waals surface area contributed by atoms with Crippen LogP contribution in [0.5, 0.6) is 0 Å². The summed E-state index contributed by atoms with van der Waals surface area (Å²) in [5.41, 5.74) is 0.856. The fraction of sp³-hybridized carbons (Fsp3) is 0.333. The molecule has 19 heavy (non-hydrogen) atoms. The average Bonchev–Trinajstić information content (AvgIpc) is 2.68. The SMILES string of the molecule is C1CCC1.Cc1nc2c([nH]c(=O)c3ccccc32)s1. The molecule has 3 nitrogen and oxygen atoms in total. The Hall–Kier alpha value is -1.68. The standard InChI is InChI=1S/C11H8N2OS.C4H8/c1-6-12-9-7-4-2-3-5-8(7)10(14)13-11(9)15-6;1-2-4-3-1/h2-5H,1H3,(H,13,14);1-4H2. The lowest BCUT2D eigenvalue weighted by molar-refractivity contribution is 0.504. The van der Waals surface area contributed by atoms with Crippen molar-refractivity contribution in [2.45, 2.75) is 32.6 Å². The Morgan fingerprint density at radius 2 is 1.74 bits per heavy atom. The molecule has 0 spiro atoms. The Morgan fingerprint density at radius 3 is 2.37 bits per heavy atom. The number of aryl methyl sites for hydroxylation is 1. The van der Waals surface area contributed by atoms with E-state index in [4.69, 9.17) is 0 Å². The topological polar surface area (TPSA) is 45.8 Å². The van der Waals surface area contributed by atoms with E-state index >= 15 is 0 Å². The first kappa shape index (κ1) is 12.4. The van der Waals surface area contributed by atoms with Crippen molar-refractivity contribution < 1.29 is 0 Å². The fourth-order valence-corrected chi connectivity index (χ4v) is 2.83. The Kier molecular flexibility index (Phi) is 3.34. The van der Waals surface area contributed by atoms with Crippen molar-refractivity contribution in [2.75, 3.05) is 0 Å². The van der Waals surface area contributed by atoms with Gasteiger partial charge >= 0.3 is 0 Å². The number of hydrogen-bond donors (Lipinski definition) is 1. The predicted molar refractivity (Wildman–Crippen MR) is 81.0 cm³/mol.